The molecule has 1 unspecified atom stereocenters. The van der Waals surface area contributed by atoms with E-state index in [1.54, 1.807) is 6.33 Å². The first-order valence-electron chi connectivity index (χ1n) is 7.65. The first-order chi connectivity index (χ1) is 9.61. The zero-order valence-electron chi connectivity index (χ0n) is 13.1. The predicted octanol–water partition coefficient (Wildman–Crippen LogP) is 2.36. The van der Waals surface area contributed by atoms with Crippen LogP contribution >= 0.6 is 0 Å². The molecule has 0 saturated carbocycles. The van der Waals surface area contributed by atoms with Crippen LogP contribution in [0.1, 0.15) is 32.8 Å². The van der Waals surface area contributed by atoms with Crippen LogP contribution < -0.4 is 10.6 Å². The lowest BCUT2D eigenvalue weighted by molar-refractivity contribution is 0.266. The summed E-state index contributed by atoms with van der Waals surface area (Å²) in [6, 6.07) is 0.654. The van der Waals surface area contributed by atoms with Gasteiger partial charge in [-0.05, 0) is 46.6 Å². The molecule has 5 heteroatoms. The molecule has 0 spiro atoms. The van der Waals surface area contributed by atoms with Crippen LogP contribution in [0.4, 0.5) is 11.6 Å². The van der Waals surface area contributed by atoms with Crippen molar-refractivity contribution in [1.29, 1.82) is 0 Å². The minimum Gasteiger partial charge on any atom is -0.370 e. The highest BCUT2D eigenvalue weighted by molar-refractivity contribution is 5.56. The molecule has 2 heterocycles. The number of aromatic nitrogens is 2. The van der Waals surface area contributed by atoms with Crippen LogP contribution in [-0.2, 0) is 0 Å². The van der Waals surface area contributed by atoms with Crippen molar-refractivity contribution in [3.05, 3.63) is 11.9 Å². The molecular weight excluding hydrogens is 250 g/mol. The maximum absolute atomic E-state index is 4.36. The van der Waals surface area contributed by atoms with E-state index in [9.17, 15) is 0 Å². The van der Waals surface area contributed by atoms with Gasteiger partial charge in [0.2, 0.25) is 0 Å². The van der Waals surface area contributed by atoms with Gasteiger partial charge < -0.3 is 15.5 Å². The second-order valence-corrected chi connectivity index (χ2v) is 5.85. The third kappa shape index (κ3) is 3.60. The van der Waals surface area contributed by atoms with E-state index in [2.05, 4.69) is 53.2 Å². The van der Waals surface area contributed by atoms with Crippen LogP contribution in [0.15, 0.2) is 6.33 Å². The topological polar surface area (TPSA) is 53.1 Å². The Morgan fingerprint density at radius 2 is 2.00 bits per heavy atom. The molecule has 0 amide bonds. The average molecular weight is 277 g/mol. The lowest BCUT2D eigenvalue weighted by Crippen LogP contribution is -2.29. The Morgan fingerprint density at radius 3 is 2.60 bits per heavy atom. The van der Waals surface area contributed by atoms with Gasteiger partial charge in [-0.3, -0.25) is 0 Å². The fourth-order valence-electron chi connectivity index (χ4n) is 2.71. The molecule has 0 radical (unpaired) electrons. The van der Waals surface area contributed by atoms with E-state index in [1.165, 1.54) is 19.5 Å². The van der Waals surface area contributed by atoms with Gasteiger partial charge in [-0.15, -0.1) is 0 Å². The van der Waals surface area contributed by atoms with E-state index in [1.807, 2.05) is 0 Å². The predicted molar refractivity (Wildman–Crippen MR) is 84.2 cm³/mol. The van der Waals surface area contributed by atoms with E-state index >= 15 is 0 Å². The molecule has 1 aromatic heterocycles. The lowest BCUT2D eigenvalue weighted by atomic mass is 10.1. The molecule has 0 bridgehead atoms. The average Bonchev–Trinajstić information content (AvgIpc) is 2.89. The molecule has 1 aliphatic rings. The van der Waals surface area contributed by atoms with Crippen molar-refractivity contribution in [3.63, 3.8) is 0 Å². The molecule has 0 aromatic carbocycles. The Balaban J connectivity index is 1.90. The summed E-state index contributed by atoms with van der Waals surface area (Å²) in [7, 11) is 0. The maximum Gasteiger partial charge on any atom is 0.134 e. The van der Waals surface area contributed by atoms with Gasteiger partial charge in [0, 0.05) is 31.2 Å². The van der Waals surface area contributed by atoms with Crippen LogP contribution in [-0.4, -0.2) is 47.1 Å². The van der Waals surface area contributed by atoms with Crippen molar-refractivity contribution in [2.75, 3.05) is 36.8 Å². The molecule has 2 N–H and O–H groups in total. The molecule has 1 fully saturated rings. The zero-order valence-corrected chi connectivity index (χ0v) is 13.1. The van der Waals surface area contributed by atoms with Gasteiger partial charge in [-0.25, -0.2) is 9.97 Å². The third-order valence-electron chi connectivity index (χ3n) is 4.03. The minimum atomic E-state index is 0.654. The van der Waals surface area contributed by atoms with Gasteiger partial charge in [0.25, 0.3) is 0 Å². The van der Waals surface area contributed by atoms with Gasteiger partial charge in [0.15, 0.2) is 0 Å². The van der Waals surface area contributed by atoms with Crippen LogP contribution in [0.5, 0.6) is 0 Å². The molecule has 1 aromatic rings. The summed E-state index contributed by atoms with van der Waals surface area (Å²) in [4.78, 5) is 11.2. The number of likely N-dealkylation sites (tertiary alicyclic amines) is 1. The second-order valence-electron chi connectivity index (χ2n) is 5.85. The van der Waals surface area contributed by atoms with Crippen molar-refractivity contribution in [3.8, 4) is 0 Å². The SMILES string of the molecule is CCNc1ncnc(NCC2CCN(C(C)C)C2)c1C. The Hall–Kier alpha value is -1.36. The number of rotatable bonds is 6. The number of hydrogen-bond acceptors (Lipinski definition) is 5. The van der Waals surface area contributed by atoms with Crippen molar-refractivity contribution in [1.82, 2.24) is 14.9 Å². The molecule has 5 nitrogen and oxygen atoms in total. The highest BCUT2D eigenvalue weighted by atomic mass is 15.2. The largest absolute Gasteiger partial charge is 0.370 e. The van der Waals surface area contributed by atoms with Crippen molar-refractivity contribution in [2.45, 2.75) is 40.2 Å². The van der Waals surface area contributed by atoms with E-state index in [-0.39, 0.29) is 0 Å². The van der Waals surface area contributed by atoms with Crippen LogP contribution in [0, 0.1) is 12.8 Å². The zero-order chi connectivity index (χ0) is 14.5. The van der Waals surface area contributed by atoms with Crippen LogP contribution in [0.2, 0.25) is 0 Å². The van der Waals surface area contributed by atoms with Gasteiger partial charge in [-0.1, -0.05) is 0 Å². The standard InChI is InChI=1S/C15H27N5/c1-5-16-14-12(4)15(19-10-18-14)17-8-13-6-7-20(9-13)11(2)3/h10-11,13H,5-9H2,1-4H3,(H2,16,17,18,19). The molecule has 2 rings (SSSR count). The van der Waals surface area contributed by atoms with E-state index in [0.29, 0.717) is 12.0 Å². The quantitative estimate of drug-likeness (QED) is 0.836. The van der Waals surface area contributed by atoms with E-state index in [4.69, 9.17) is 0 Å². The molecule has 1 atom stereocenters. The van der Waals surface area contributed by atoms with Crippen LogP contribution in [0.3, 0.4) is 0 Å². The first kappa shape index (κ1) is 15.0. The smallest absolute Gasteiger partial charge is 0.134 e. The monoisotopic (exact) mass is 277 g/mol. The van der Waals surface area contributed by atoms with Gasteiger partial charge in [0.05, 0.1) is 0 Å². The van der Waals surface area contributed by atoms with Crippen LogP contribution in [0.25, 0.3) is 0 Å². The minimum absolute atomic E-state index is 0.654. The highest BCUT2D eigenvalue weighted by Crippen LogP contribution is 2.21. The summed E-state index contributed by atoms with van der Waals surface area (Å²) in [6.45, 7) is 13.0. The highest BCUT2D eigenvalue weighted by Gasteiger charge is 2.24. The summed E-state index contributed by atoms with van der Waals surface area (Å²) < 4.78 is 0. The molecule has 20 heavy (non-hydrogen) atoms. The van der Waals surface area contributed by atoms with Crippen molar-refractivity contribution >= 4 is 11.6 Å². The molecule has 112 valence electrons. The van der Waals surface area contributed by atoms with Crippen molar-refractivity contribution < 1.29 is 0 Å². The molecule has 1 saturated heterocycles. The number of nitrogens with zero attached hydrogens (tertiary/aromatic N) is 3. The maximum atomic E-state index is 4.36. The molecular formula is C15H27N5. The van der Waals surface area contributed by atoms with Crippen molar-refractivity contribution in [2.24, 2.45) is 5.92 Å². The molecule has 0 aliphatic carbocycles. The summed E-state index contributed by atoms with van der Waals surface area (Å²) in [5, 5.41) is 6.76. The fourth-order valence-corrected chi connectivity index (χ4v) is 2.71. The summed E-state index contributed by atoms with van der Waals surface area (Å²) in [6.07, 6.45) is 2.90. The lowest BCUT2D eigenvalue weighted by Gasteiger charge is -2.20. The van der Waals surface area contributed by atoms with Gasteiger partial charge in [-0.2, -0.15) is 0 Å². The Labute approximate surface area is 122 Å². The Kier molecular flexibility index (Phi) is 5.17. The van der Waals surface area contributed by atoms with E-state index < -0.39 is 0 Å². The van der Waals surface area contributed by atoms with Gasteiger partial charge in [0.1, 0.15) is 18.0 Å². The van der Waals surface area contributed by atoms with E-state index in [0.717, 1.165) is 30.3 Å². The molecule has 1 aliphatic heterocycles. The summed E-state index contributed by atoms with van der Waals surface area (Å²) in [5.74, 6) is 2.61. The number of hydrogen-bond donors (Lipinski definition) is 2. The fraction of sp³-hybridized carbons (Fsp3) is 0.733. The Bertz CT molecular complexity index is 432. The first-order valence-corrected chi connectivity index (χ1v) is 7.65. The third-order valence-corrected chi connectivity index (χ3v) is 4.03. The number of anilines is 2. The summed E-state index contributed by atoms with van der Waals surface area (Å²) in [5.41, 5.74) is 1.10. The number of nitrogens with one attached hydrogen (secondary N) is 2. The second kappa shape index (κ2) is 6.88. The normalized spacial score (nSPS) is 19.6. The Morgan fingerprint density at radius 1 is 1.30 bits per heavy atom. The van der Waals surface area contributed by atoms with Gasteiger partial charge >= 0.3 is 0 Å². The summed E-state index contributed by atoms with van der Waals surface area (Å²) >= 11 is 0.